The molecular weight excluding hydrogens is 301 g/mol. The largest absolute Gasteiger partial charge is 0.673 e. The van der Waals surface area contributed by atoms with E-state index < -0.39 is 7.25 Å². The summed E-state index contributed by atoms with van der Waals surface area (Å²) in [5.74, 6) is 0. The summed E-state index contributed by atoms with van der Waals surface area (Å²) in [6.45, 7) is 0. The van der Waals surface area contributed by atoms with Gasteiger partial charge in [-0.3, -0.25) is 0 Å². The van der Waals surface area contributed by atoms with E-state index in [1.54, 1.807) is 0 Å². The Kier molecular flexibility index (Phi) is 4.50. The zero-order valence-corrected chi connectivity index (χ0v) is 10.5. The molecule has 0 saturated heterocycles. The van der Waals surface area contributed by atoms with Gasteiger partial charge in [0, 0.05) is 22.0 Å². The highest BCUT2D eigenvalue weighted by atomic mass is 79.9. The van der Waals surface area contributed by atoms with Crippen molar-refractivity contribution in [3.8, 4) is 0 Å². The number of fused-ring (bicyclic) bond motifs is 1. The minimum Gasteiger partial charge on any atom is -0.418 e. The number of rotatable bonds is 0. The Bertz CT molecular complexity index is 509. The summed E-state index contributed by atoms with van der Waals surface area (Å²) in [4.78, 5) is 0. The van der Waals surface area contributed by atoms with Crippen LogP contribution in [0, 0.1) is 0 Å². The van der Waals surface area contributed by atoms with E-state index in [1.807, 2.05) is 19.3 Å². The van der Waals surface area contributed by atoms with E-state index in [1.165, 1.54) is 10.8 Å². The van der Waals surface area contributed by atoms with E-state index in [-0.39, 0.29) is 0 Å². The third-order valence-electron chi connectivity index (χ3n) is 1.97. The van der Waals surface area contributed by atoms with E-state index in [0.717, 1.165) is 4.60 Å². The third kappa shape index (κ3) is 4.72. The first-order valence-corrected chi connectivity index (χ1v) is 5.48. The van der Waals surface area contributed by atoms with E-state index in [0.29, 0.717) is 0 Å². The predicted octanol–water partition coefficient (Wildman–Crippen LogP) is 3.73. The number of benzene rings is 1. The van der Waals surface area contributed by atoms with Crippen molar-refractivity contribution in [3.05, 3.63) is 41.1 Å². The minimum absolute atomic E-state index is 1.13. The van der Waals surface area contributed by atoms with Gasteiger partial charge in [-0.1, -0.05) is 18.2 Å². The van der Waals surface area contributed by atoms with Gasteiger partial charge in [-0.15, -0.1) is 0 Å². The second-order valence-corrected chi connectivity index (χ2v) is 4.05. The average Bonchev–Trinajstić information content (AvgIpc) is 2.22. The topological polar surface area (TPSA) is 3.88 Å². The molecule has 0 fully saturated rings. The van der Waals surface area contributed by atoms with Crippen LogP contribution in [0.5, 0.6) is 0 Å². The van der Waals surface area contributed by atoms with E-state index in [9.17, 15) is 17.3 Å². The first-order chi connectivity index (χ1) is 7.79. The molecule has 1 heterocycles. The minimum atomic E-state index is -6.00. The molecule has 0 radical (unpaired) electrons. The Labute approximate surface area is 104 Å². The number of halogens is 5. The van der Waals surface area contributed by atoms with Crippen molar-refractivity contribution >= 4 is 34.0 Å². The summed E-state index contributed by atoms with van der Waals surface area (Å²) in [6, 6.07) is 10.4. The van der Waals surface area contributed by atoms with Crippen LogP contribution in [0.3, 0.4) is 0 Å². The monoisotopic (exact) mass is 309 g/mol. The highest BCUT2D eigenvalue weighted by Gasteiger charge is 2.20. The fraction of sp³-hybridized carbons (Fsp3) is 0.100. The van der Waals surface area contributed by atoms with Crippen molar-refractivity contribution in [1.29, 1.82) is 0 Å². The van der Waals surface area contributed by atoms with Gasteiger partial charge in [-0.25, -0.2) is 0 Å². The van der Waals surface area contributed by atoms with Crippen LogP contribution in [0.25, 0.3) is 10.8 Å². The van der Waals surface area contributed by atoms with Gasteiger partial charge in [-0.2, -0.15) is 4.57 Å². The lowest BCUT2D eigenvalue weighted by atomic mass is 10.2. The van der Waals surface area contributed by atoms with Gasteiger partial charge >= 0.3 is 7.25 Å². The number of hydrogen-bond donors (Lipinski definition) is 0. The fourth-order valence-corrected chi connectivity index (χ4v) is 1.76. The zero-order chi connectivity index (χ0) is 13.1. The molecule has 0 saturated carbocycles. The molecule has 0 spiro atoms. The quantitative estimate of drug-likeness (QED) is 0.302. The SMILES string of the molecule is C[n+]1ccc2ccccc2c1Br.F[B-](F)(F)F. The highest BCUT2D eigenvalue weighted by molar-refractivity contribution is 9.10. The molecule has 1 nitrogen and oxygen atoms in total. The van der Waals surface area contributed by atoms with Crippen LogP contribution in [0.1, 0.15) is 0 Å². The van der Waals surface area contributed by atoms with Crippen LogP contribution in [0.2, 0.25) is 0 Å². The maximum Gasteiger partial charge on any atom is 0.673 e. The summed E-state index contributed by atoms with van der Waals surface area (Å²) >= 11 is 3.54. The Morgan fingerprint density at radius 1 is 1.06 bits per heavy atom. The Hall–Kier alpha value is -1.11. The number of hydrogen-bond acceptors (Lipinski definition) is 0. The summed E-state index contributed by atoms with van der Waals surface area (Å²) in [5, 5.41) is 2.52. The second-order valence-electron chi connectivity index (χ2n) is 3.30. The summed E-state index contributed by atoms with van der Waals surface area (Å²) in [5.41, 5.74) is 0. The molecule has 0 N–H and O–H groups in total. The van der Waals surface area contributed by atoms with Gasteiger partial charge in [0.05, 0.1) is 5.39 Å². The fourth-order valence-electron chi connectivity index (χ4n) is 1.28. The zero-order valence-electron chi connectivity index (χ0n) is 8.88. The van der Waals surface area contributed by atoms with Crippen LogP contribution in [0.4, 0.5) is 17.3 Å². The predicted molar refractivity (Wildman–Crippen MR) is 63.0 cm³/mol. The van der Waals surface area contributed by atoms with Crippen LogP contribution < -0.4 is 4.57 Å². The van der Waals surface area contributed by atoms with E-state index >= 15 is 0 Å². The summed E-state index contributed by atoms with van der Waals surface area (Å²) in [7, 11) is -3.98. The molecule has 0 aliphatic carbocycles. The first-order valence-electron chi connectivity index (χ1n) is 4.69. The van der Waals surface area contributed by atoms with E-state index in [4.69, 9.17) is 0 Å². The second kappa shape index (κ2) is 5.49. The van der Waals surface area contributed by atoms with Crippen molar-refractivity contribution in [1.82, 2.24) is 0 Å². The molecule has 2 aromatic rings. The van der Waals surface area contributed by atoms with Gasteiger partial charge in [0.2, 0.25) is 0 Å². The maximum atomic E-state index is 9.75. The molecule has 7 heteroatoms. The molecule has 0 aliphatic heterocycles. The number of nitrogens with zero attached hydrogens (tertiary/aromatic N) is 1. The van der Waals surface area contributed by atoms with Crippen LogP contribution in [-0.4, -0.2) is 7.25 Å². The molecule has 0 amide bonds. The molecule has 0 aliphatic rings. The number of aryl methyl sites for hydroxylation is 1. The molecule has 0 atom stereocenters. The van der Waals surface area contributed by atoms with Gasteiger partial charge in [0.15, 0.2) is 6.20 Å². The van der Waals surface area contributed by atoms with Gasteiger partial charge in [0.1, 0.15) is 7.05 Å². The Morgan fingerprint density at radius 3 is 2.18 bits per heavy atom. The molecule has 0 unspecified atom stereocenters. The standard InChI is InChI=1S/C10H9BrN.BF4/c1-12-7-6-8-4-2-3-5-9(8)10(12)11;2-1(3,4)5/h2-7H,1H3;/q+1;-1. The third-order valence-corrected chi connectivity index (χ3v) is 2.96. The van der Waals surface area contributed by atoms with Gasteiger partial charge < -0.3 is 17.3 Å². The van der Waals surface area contributed by atoms with Crippen LogP contribution in [-0.2, 0) is 7.05 Å². The Balaban J connectivity index is 0.000000249. The lowest BCUT2D eigenvalue weighted by molar-refractivity contribution is -0.681. The normalized spacial score (nSPS) is 10.9. The number of pyridine rings is 1. The smallest absolute Gasteiger partial charge is 0.418 e. The Morgan fingerprint density at radius 2 is 1.59 bits per heavy atom. The molecule has 17 heavy (non-hydrogen) atoms. The first kappa shape index (κ1) is 14.0. The van der Waals surface area contributed by atoms with Crippen molar-refractivity contribution in [3.63, 3.8) is 0 Å². The molecule has 92 valence electrons. The van der Waals surface area contributed by atoms with Gasteiger partial charge in [0.25, 0.3) is 4.60 Å². The average molecular weight is 310 g/mol. The summed E-state index contributed by atoms with van der Waals surface area (Å²) in [6.07, 6.45) is 2.05. The molecule has 2 rings (SSSR count). The van der Waals surface area contributed by atoms with Crippen molar-refractivity contribution in [2.24, 2.45) is 7.05 Å². The van der Waals surface area contributed by atoms with Crippen LogP contribution >= 0.6 is 15.9 Å². The molecule has 1 aromatic carbocycles. The highest BCUT2D eigenvalue weighted by Crippen LogP contribution is 2.18. The maximum absolute atomic E-state index is 9.75. The summed E-state index contributed by atoms with van der Waals surface area (Å²) < 4.78 is 42.2. The lowest BCUT2D eigenvalue weighted by Gasteiger charge is -1.97. The molecule has 1 aromatic heterocycles. The molecular formula is C10H9BBrF4N. The molecule has 0 bridgehead atoms. The van der Waals surface area contributed by atoms with E-state index in [2.05, 4.69) is 44.8 Å². The van der Waals surface area contributed by atoms with Crippen LogP contribution in [0.15, 0.2) is 41.1 Å². The van der Waals surface area contributed by atoms with Crippen molar-refractivity contribution in [2.75, 3.05) is 0 Å². The lowest BCUT2D eigenvalue weighted by Crippen LogP contribution is -2.28. The number of aromatic nitrogens is 1. The van der Waals surface area contributed by atoms with Gasteiger partial charge in [-0.05, 0) is 11.5 Å². The van der Waals surface area contributed by atoms with Crippen molar-refractivity contribution in [2.45, 2.75) is 0 Å². The van der Waals surface area contributed by atoms with Crippen molar-refractivity contribution < 1.29 is 21.8 Å².